The third kappa shape index (κ3) is 6.59. The number of anilines is 2. The quantitative estimate of drug-likeness (QED) is 0.860. The Morgan fingerprint density at radius 1 is 1.05 bits per heavy atom. The molecule has 0 atom stereocenters. The van der Waals surface area contributed by atoms with Gasteiger partial charge in [-0.2, -0.15) is 0 Å². The molecule has 0 aliphatic heterocycles. The van der Waals surface area contributed by atoms with Crippen molar-refractivity contribution in [3.05, 3.63) is 12.1 Å². The van der Waals surface area contributed by atoms with Gasteiger partial charge in [0.25, 0.3) is 0 Å². The second-order valence-electron chi connectivity index (χ2n) is 6.31. The Morgan fingerprint density at radius 3 is 2.00 bits per heavy atom. The fraction of sp³-hybridized carbons (Fsp3) is 0.615. The van der Waals surface area contributed by atoms with Crippen LogP contribution in [0.3, 0.4) is 0 Å². The van der Waals surface area contributed by atoms with Gasteiger partial charge in [0.15, 0.2) is 5.82 Å². The van der Waals surface area contributed by atoms with Crippen LogP contribution in [0, 0.1) is 0 Å². The summed E-state index contributed by atoms with van der Waals surface area (Å²) < 4.78 is 5.12. The van der Waals surface area contributed by atoms with E-state index in [1.807, 2.05) is 20.8 Å². The smallest absolute Gasteiger partial charge is 0.413 e. The lowest BCUT2D eigenvalue weighted by atomic mass is 10.1. The molecule has 2 N–H and O–H groups in total. The van der Waals surface area contributed by atoms with E-state index in [0.717, 1.165) is 0 Å². The van der Waals surface area contributed by atoms with Crippen molar-refractivity contribution < 1.29 is 9.53 Å². The lowest BCUT2D eigenvalue weighted by molar-refractivity contribution is 0.0635. The summed E-state index contributed by atoms with van der Waals surface area (Å²) in [5, 5.41) is 13.6. The van der Waals surface area contributed by atoms with Crippen molar-refractivity contribution in [1.29, 1.82) is 0 Å². The molecule has 6 nitrogen and oxygen atoms in total. The van der Waals surface area contributed by atoms with E-state index in [1.165, 1.54) is 0 Å². The van der Waals surface area contributed by atoms with Crippen LogP contribution in [0.5, 0.6) is 0 Å². The summed E-state index contributed by atoms with van der Waals surface area (Å²) in [6.07, 6.45) is -0.543. The Kier molecular flexibility index (Phi) is 4.34. The number of nitrogens with one attached hydrogen (secondary N) is 2. The van der Waals surface area contributed by atoms with Crippen LogP contribution < -0.4 is 10.6 Å². The molecule has 0 aromatic carbocycles. The normalized spacial score (nSPS) is 11.9. The molecule has 6 heteroatoms. The molecule has 0 fully saturated rings. The fourth-order valence-electron chi connectivity index (χ4n) is 1.26. The van der Waals surface area contributed by atoms with Crippen LogP contribution in [0.4, 0.5) is 16.4 Å². The lowest BCUT2D eigenvalue weighted by Crippen LogP contribution is -2.28. The average Bonchev–Trinajstić information content (AvgIpc) is 2.15. The fourth-order valence-corrected chi connectivity index (χ4v) is 1.26. The summed E-state index contributed by atoms with van der Waals surface area (Å²) in [4.78, 5) is 11.5. The molecule has 0 bridgehead atoms. The molecule has 0 radical (unpaired) electrons. The van der Waals surface area contributed by atoms with Crippen LogP contribution in [0.25, 0.3) is 0 Å². The molecular weight excluding hydrogens is 244 g/mol. The van der Waals surface area contributed by atoms with Crippen LogP contribution in [-0.4, -0.2) is 27.4 Å². The Bertz CT molecular complexity index is 429. The Hall–Kier alpha value is -1.85. The van der Waals surface area contributed by atoms with Gasteiger partial charge < -0.3 is 10.1 Å². The van der Waals surface area contributed by atoms with Gasteiger partial charge in [0.2, 0.25) is 0 Å². The van der Waals surface area contributed by atoms with Crippen molar-refractivity contribution in [3.63, 3.8) is 0 Å². The summed E-state index contributed by atoms with van der Waals surface area (Å²) in [5.41, 5.74) is -0.625. The molecule has 1 aromatic heterocycles. The molecule has 1 heterocycles. The van der Waals surface area contributed by atoms with Gasteiger partial charge in [-0.25, -0.2) is 4.79 Å². The van der Waals surface area contributed by atoms with Gasteiger partial charge in [-0.05, 0) is 53.7 Å². The number of rotatable bonds is 2. The number of carbonyl (C=O) groups excluding carboxylic acids is 1. The number of amides is 1. The zero-order chi connectivity index (χ0) is 14.7. The standard InChI is InChI=1S/C13H22N4O2/c1-12(2,3)15-10-8-7-9(16-17-10)14-11(18)19-13(4,5)6/h7-8H,1-6H3,(H,15,17)(H,14,16,18). The van der Waals surface area contributed by atoms with Gasteiger partial charge in [0.1, 0.15) is 11.4 Å². The second kappa shape index (κ2) is 5.42. The largest absolute Gasteiger partial charge is 0.444 e. The molecule has 1 amide bonds. The minimum Gasteiger partial charge on any atom is -0.444 e. The molecule has 1 rings (SSSR count). The van der Waals surface area contributed by atoms with Crippen molar-refractivity contribution in [3.8, 4) is 0 Å². The molecule has 1 aromatic rings. The average molecular weight is 266 g/mol. The van der Waals surface area contributed by atoms with Gasteiger partial charge in [0, 0.05) is 5.54 Å². The zero-order valence-corrected chi connectivity index (χ0v) is 12.4. The molecule has 19 heavy (non-hydrogen) atoms. The van der Waals surface area contributed by atoms with Gasteiger partial charge >= 0.3 is 6.09 Å². The summed E-state index contributed by atoms with van der Waals surface area (Å²) in [7, 11) is 0. The highest BCUT2D eigenvalue weighted by Gasteiger charge is 2.17. The first-order chi connectivity index (χ1) is 8.55. The first-order valence-corrected chi connectivity index (χ1v) is 6.17. The monoisotopic (exact) mass is 266 g/mol. The third-order valence-electron chi connectivity index (χ3n) is 1.80. The number of aromatic nitrogens is 2. The topological polar surface area (TPSA) is 76.1 Å². The number of carbonyl (C=O) groups is 1. The second-order valence-corrected chi connectivity index (χ2v) is 6.31. The zero-order valence-electron chi connectivity index (χ0n) is 12.4. The molecular formula is C13H22N4O2. The highest BCUT2D eigenvalue weighted by molar-refractivity contribution is 5.83. The van der Waals surface area contributed by atoms with E-state index < -0.39 is 11.7 Å². The lowest BCUT2D eigenvalue weighted by Gasteiger charge is -2.21. The van der Waals surface area contributed by atoms with Gasteiger partial charge in [0.05, 0.1) is 0 Å². The number of nitrogens with zero attached hydrogens (tertiary/aromatic N) is 2. The van der Waals surface area contributed by atoms with Crippen molar-refractivity contribution in [2.45, 2.75) is 52.7 Å². The van der Waals surface area contributed by atoms with E-state index in [-0.39, 0.29) is 5.54 Å². The van der Waals surface area contributed by atoms with Crippen LogP contribution in [0.1, 0.15) is 41.5 Å². The number of ether oxygens (including phenoxy) is 1. The summed E-state index contributed by atoms with van der Waals surface area (Å²) in [5.74, 6) is 1.01. The van der Waals surface area contributed by atoms with E-state index in [0.29, 0.717) is 11.6 Å². The van der Waals surface area contributed by atoms with Crippen LogP contribution in [-0.2, 0) is 4.74 Å². The first kappa shape index (κ1) is 15.2. The minimum atomic E-state index is -0.543. The molecule has 0 spiro atoms. The Balaban J connectivity index is 2.60. The molecule has 0 aliphatic carbocycles. The number of hydrogen-bond donors (Lipinski definition) is 2. The SMILES string of the molecule is CC(C)(C)Nc1ccc(NC(=O)OC(C)(C)C)nn1. The van der Waals surface area contributed by atoms with E-state index in [1.54, 1.807) is 32.9 Å². The maximum Gasteiger partial charge on any atom is 0.413 e. The summed E-state index contributed by atoms with van der Waals surface area (Å²) >= 11 is 0. The van der Waals surface area contributed by atoms with Crippen LogP contribution in [0.15, 0.2) is 12.1 Å². The van der Waals surface area contributed by atoms with Crippen molar-refractivity contribution >= 4 is 17.7 Å². The van der Waals surface area contributed by atoms with Crippen LogP contribution >= 0.6 is 0 Å². The van der Waals surface area contributed by atoms with Crippen molar-refractivity contribution in [2.24, 2.45) is 0 Å². The van der Waals surface area contributed by atoms with E-state index in [9.17, 15) is 4.79 Å². The maximum absolute atomic E-state index is 11.5. The van der Waals surface area contributed by atoms with E-state index in [2.05, 4.69) is 20.8 Å². The molecule has 0 unspecified atom stereocenters. The summed E-state index contributed by atoms with van der Waals surface area (Å²) in [6.45, 7) is 11.5. The molecule has 0 saturated heterocycles. The third-order valence-corrected chi connectivity index (χ3v) is 1.80. The Labute approximate surface area is 113 Å². The molecule has 0 saturated carbocycles. The molecule has 0 aliphatic rings. The highest BCUT2D eigenvalue weighted by Crippen LogP contribution is 2.13. The molecule has 106 valence electrons. The first-order valence-electron chi connectivity index (χ1n) is 6.17. The van der Waals surface area contributed by atoms with Gasteiger partial charge in [-0.1, -0.05) is 0 Å². The summed E-state index contributed by atoms with van der Waals surface area (Å²) in [6, 6.07) is 3.43. The van der Waals surface area contributed by atoms with Crippen LogP contribution in [0.2, 0.25) is 0 Å². The maximum atomic E-state index is 11.5. The highest BCUT2D eigenvalue weighted by atomic mass is 16.6. The van der Waals surface area contributed by atoms with E-state index >= 15 is 0 Å². The van der Waals surface area contributed by atoms with Crippen molar-refractivity contribution in [1.82, 2.24) is 10.2 Å². The van der Waals surface area contributed by atoms with E-state index in [4.69, 9.17) is 4.74 Å². The predicted octanol–water partition coefficient (Wildman–Crippen LogP) is 3.03. The predicted molar refractivity (Wildman–Crippen MR) is 75.3 cm³/mol. The van der Waals surface area contributed by atoms with Gasteiger partial charge in [-0.3, -0.25) is 5.32 Å². The number of hydrogen-bond acceptors (Lipinski definition) is 5. The van der Waals surface area contributed by atoms with Gasteiger partial charge in [-0.15, -0.1) is 10.2 Å². The van der Waals surface area contributed by atoms with Crippen molar-refractivity contribution in [2.75, 3.05) is 10.6 Å². The minimum absolute atomic E-state index is 0.0885. The Morgan fingerprint density at radius 2 is 1.58 bits per heavy atom.